The largest absolute Gasteiger partial charge is 0.391 e. The van der Waals surface area contributed by atoms with Gasteiger partial charge in [-0.3, -0.25) is 19.7 Å². The Bertz CT molecular complexity index is 1080. The van der Waals surface area contributed by atoms with E-state index >= 15 is 0 Å². The standard InChI is InChI=1S/C25H28N4O5/c1-3-16(4-2)23(30)21-15-14-20-22(25(32)27(24(20)31)18-8-6-5-7-9-18)28(21)26-17-10-12-19(13-11-17)29(33)34/h5-16,20-23,26,30H,3-4H2,1-2H3. The van der Waals surface area contributed by atoms with Crippen molar-refractivity contribution in [3.8, 4) is 0 Å². The molecule has 0 spiro atoms. The number of nitrogens with zero attached hydrogens (tertiary/aromatic N) is 3. The molecule has 2 aliphatic heterocycles. The summed E-state index contributed by atoms with van der Waals surface area (Å²) in [6.07, 6.45) is 4.22. The molecular weight excluding hydrogens is 436 g/mol. The number of non-ortho nitro benzene ring substituents is 1. The molecule has 34 heavy (non-hydrogen) atoms. The van der Waals surface area contributed by atoms with Gasteiger partial charge in [-0.15, -0.1) is 0 Å². The maximum Gasteiger partial charge on any atom is 0.269 e. The maximum atomic E-state index is 13.6. The van der Waals surface area contributed by atoms with E-state index in [2.05, 4.69) is 5.43 Å². The zero-order valence-corrected chi connectivity index (χ0v) is 19.1. The fraction of sp³-hybridized carbons (Fsp3) is 0.360. The van der Waals surface area contributed by atoms with Crippen LogP contribution in [0.3, 0.4) is 0 Å². The zero-order valence-electron chi connectivity index (χ0n) is 19.1. The predicted molar refractivity (Wildman–Crippen MR) is 128 cm³/mol. The smallest absolute Gasteiger partial charge is 0.269 e. The first kappa shape index (κ1) is 23.6. The number of imide groups is 1. The first-order chi connectivity index (χ1) is 16.4. The van der Waals surface area contributed by atoms with Gasteiger partial charge >= 0.3 is 0 Å². The number of nitrogens with one attached hydrogen (secondary N) is 1. The summed E-state index contributed by atoms with van der Waals surface area (Å²) in [6, 6.07) is 13.1. The number of fused-ring (bicyclic) bond motifs is 1. The van der Waals surface area contributed by atoms with Gasteiger partial charge in [-0.05, 0) is 30.2 Å². The van der Waals surface area contributed by atoms with E-state index in [0.717, 1.165) is 12.8 Å². The summed E-state index contributed by atoms with van der Waals surface area (Å²) in [5.41, 5.74) is 4.12. The topological polar surface area (TPSA) is 116 Å². The number of benzene rings is 2. The zero-order chi connectivity index (χ0) is 24.4. The molecule has 4 atom stereocenters. The molecule has 0 radical (unpaired) electrons. The van der Waals surface area contributed by atoms with Crippen LogP contribution in [0.1, 0.15) is 26.7 Å². The number of rotatable bonds is 8. The van der Waals surface area contributed by atoms with Crippen LogP contribution in [-0.2, 0) is 9.59 Å². The number of amides is 2. The van der Waals surface area contributed by atoms with E-state index < -0.39 is 29.0 Å². The van der Waals surface area contributed by atoms with Gasteiger partial charge in [0.05, 0.1) is 28.7 Å². The van der Waals surface area contributed by atoms with Crippen molar-refractivity contribution < 1.29 is 19.6 Å². The molecule has 1 fully saturated rings. The molecule has 9 heteroatoms. The Morgan fingerprint density at radius 1 is 1.00 bits per heavy atom. The average Bonchev–Trinajstić information content (AvgIpc) is 3.10. The molecule has 0 bridgehead atoms. The van der Waals surface area contributed by atoms with Crippen molar-refractivity contribution in [2.75, 3.05) is 10.3 Å². The van der Waals surface area contributed by atoms with Crippen LogP contribution in [-0.4, -0.2) is 45.0 Å². The van der Waals surface area contributed by atoms with E-state index in [0.29, 0.717) is 11.4 Å². The molecule has 2 N–H and O–H groups in total. The summed E-state index contributed by atoms with van der Waals surface area (Å²) in [4.78, 5) is 38.6. The second kappa shape index (κ2) is 9.74. The van der Waals surface area contributed by atoms with Gasteiger partial charge in [0.15, 0.2) is 0 Å². The number of aliphatic hydroxyl groups is 1. The molecule has 4 rings (SSSR count). The quantitative estimate of drug-likeness (QED) is 0.266. The third kappa shape index (κ3) is 4.20. The normalized spacial score (nSPS) is 23.3. The summed E-state index contributed by atoms with van der Waals surface area (Å²) in [5, 5.41) is 23.9. The fourth-order valence-electron chi connectivity index (χ4n) is 4.78. The van der Waals surface area contributed by atoms with Gasteiger partial charge in [0.2, 0.25) is 5.91 Å². The number of aliphatic hydroxyl groups excluding tert-OH is 1. The number of hydrazine groups is 1. The number of nitro benzene ring substituents is 1. The van der Waals surface area contributed by atoms with Crippen LogP contribution in [0, 0.1) is 22.0 Å². The highest BCUT2D eigenvalue weighted by atomic mass is 16.6. The summed E-state index contributed by atoms with van der Waals surface area (Å²) < 4.78 is 0. The van der Waals surface area contributed by atoms with Crippen molar-refractivity contribution in [2.24, 2.45) is 11.8 Å². The van der Waals surface area contributed by atoms with Crippen LogP contribution >= 0.6 is 0 Å². The predicted octanol–water partition coefficient (Wildman–Crippen LogP) is 3.52. The number of carbonyl (C=O) groups excluding carboxylic acids is 2. The van der Waals surface area contributed by atoms with Gasteiger partial charge in [0, 0.05) is 17.8 Å². The van der Waals surface area contributed by atoms with E-state index in [-0.39, 0.29) is 23.4 Å². The minimum atomic E-state index is -0.873. The van der Waals surface area contributed by atoms with Gasteiger partial charge < -0.3 is 10.5 Å². The summed E-state index contributed by atoms with van der Waals surface area (Å²) in [5.74, 6) is -1.45. The Morgan fingerprint density at radius 2 is 1.65 bits per heavy atom. The Labute approximate surface area is 197 Å². The summed E-state index contributed by atoms with van der Waals surface area (Å²) in [7, 11) is 0. The lowest BCUT2D eigenvalue weighted by Crippen LogP contribution is -2.58. The highest BCUT2D eigenvalue weighted by Gasteiger charge is 2.54. The van der Waals surface area contributed by atoms with Crippen LogP contribution in [0.5, 0.6) is 0 Å². The van der Waals surface area contributed by atoms with Crippen LogP contribution in [0.2, 0.25) is 0 Å². The second-order valence-corrected chi connectivity index (χ2v) is 8.58. The minimum absolute atomic E-state index is 0.00945. The number of anilines is 2. The maximum absolute atomic E-state index is 13.6. The monoisotopic (exact) mass is 464 g/mol. The summed E-state index contributed by atoms with van der Waals surface area (Å²) >= 11 is 0. The van der Waals surface area contributed by atoms with Crippen molar-refractivity contribution in [1.82, 2.24) is 5.01 Å². The molecule has 0 saturated carbocycles. The lowest BCUT2D eigenvalue weighted by molar-refractivity contribution is -0.384. The molecule has 0 aromatic heterocycles. The first-order valence-electron chi connectivity index (χ1n) is 11.5. The molecule has 2 heterocycles. The molecule has 4 unspecified atom stereocenters. The molecule has 2 amide bonds. The van der Waals surface area contributed by atoms with E-state index in [1.54, 1.807) is 53.6 Å². The van der Waals surface area contributed by atoms with Gasteiger partial charge in [-0.1, -0.05) is 57.0 Å². The molecule has 1 saturated heterocycles. The number of para-hydroxylation sites is 1. The van der Waals surface area contributed by atoms with Crippen molar-refractivity contribution >= 4 is 28.9 Å². The first-order valence-corrected chi connectivity index (χ1v) is 11.5. The van der Waals surface area contributed by atoms with Crippen molar-refractivity contribution in [3.05, 3.63) is 76.9 Å². The van der Waals surface area contributed by atoms with E-state index in [9.17, 15) is 24.8 Å². The lowest BCUT2D eigenvalue weighted by Gasteiger charge is -2.42. The van der Waals surface area contributed by atoms with Gasteiger partial charge in [-0.2, -0.15) is 0 Å². The second-order valence-electron chi connectivity index (χ2n) is 8.58. The third-order valence-electron chi connectivity index (χ3n) is 6.69. The van der Waals surface area contributed by atoms with Crippen molar-refractivity contribution in [3.63, 3.8) is 0 Å². The number of carbonyl (C=O) groups is 2. The number of hydrogen-bond acceptors (Lipinski definition) is 7. The van der Waals surface area contributed by atoms with Crippen LogP contribution in [0.4, 0.5) is 17.1 Å². The molecule has 9 nitrogen and oxygen atoms in total. The molecule has 2 aromatic rings. The van der Waals surface area contributed by atoms with E-state index in [4.69, 9.17) is 0 Å². The average molecular weight is 465 g/mol. The lowest BCUT2D eigenvalue weighted by atomic mass is 9.86. The molecular formula is C25H28N4O5. The van der Waals surface area contributed by atoms with E-state index in [1.807, 2.05) is 19.9 Å². The van der Waals surface area contributed by atoms with Crippen LogP contribution in [0.15, 0.2) is 66.7 Å². The Balaban J connectivity index is 1.72. The van der Waals surface area contributed by atoms with E-state index in [1.165, 1.54) is 17.0 Å². The number of nitro groups is 1. The SMILES string of the molecule is CCC(CC)C(O)C1C=CC2C(=O)N(c3ccccc3)C(=O)C2N1Nc1ccc([N+](=O)[O-])cc1. The van der Waals surface area contributed by atoms with Crippen LogP contribution in [0.25, 0.3) is 0 Å². The van der Waals surface area contributed by atoms with Gasteiger partial charge in [0.1, 0.15) is 6.04 Å². The van der Waals surface area contributed by atoms with Crippen molar-refractivity contribution in [1.29, 1.82) is 0 Å². The molecule has 178 valence electrons. The highest BCUT2D eigenvalue weighted by Crippen LogP contribution is 2.37. The number of hydrogen-bond donors (Lipinski definition) is 2. The molecule has 0 aliphatic carbocycles. The summed E-state index contributed by atoms with van der Waals surface area (Å²) in [6.45, 7) is 4.00. The molecule has 2 aliphatic rings. The van der Waals surface area contributed by atoms with Crippen LogP contribution < -0.4 is 10.3 Å². The highest BCUT2D eigenvalue weighted by molar-refractivity contribution is 6.24. The Morgan fingerprint density at radius 3 is 2.24 bits per heavy atom. The van der Waals surface area contributed by atoms with Crippen molar-refractivity contribution in [2.45, 2.75) is 44.9 Å². The Hall–Kier alpha value is -3.56. The minimum Gasteiger partial charge on any atom is -0.391 e. The van der Waals surface area contributed by atoms with Gasteiger partial charge in [0.25, 0.3) is 11.6 Å². The Kier molecular flexibility index (Phi) is 6.76. The van der Waals surface area contributed by atoms with Gasteiger partial charge in [-0.25, -0.2) is 9.91 Å². The third-order valence-corrected chi connectivity index (χ3v) is 6.69. The molecule has 2 aromatic carbocycles. The fourth-order valence-corrected chi connectivity index (χ4v) is 4.78.